The zero-order chi connectivity index (χ0) is 13.3. The summed E-state index contributed by atoms with van der Waals surface area (Å²) in [5.41, 5.74) is 2.16. The van der Waals surface area contributed by atoms with Gasteiger partial charge in [-0.3, -0.25) is 9.88 Å². The molecule has 1 aromatic heterocycles. The lowest BCUT2D eigenvalue weighted by atomic mass is 9.71. The lowest BCUT2D eigenvalue weighted by Crippen LogP contribution is -2.52. The first-order valence-electron chi connectivity index (χ1n) is 7.51. The number of fused-ring (bicyclic) bond motifs is 1. The normalized spacial score (nSPS) is 32.0. The van der Waals surface area contributed by atoms with Crippen LogP contribution in [0.4, 0.5) is 0 Å². The third-order valence-corrected chi connectivity index (χ3v) is 4.85. The zero-order valence-electron chi connectivity index (χ0n) is 11.8. The van der Waals surface area contributed by atoms with Crippen molar-refractivity contribution < 1.29 is 5.11 Å². The molecule has 0 aromatic carbocycles. The van der Waals surface area contributed by atoms with Crippen molar-refractivity contribution in [3.63, 3.8) is 0 Å². The van der Waals surface area contributed by atoms with Crippen LogP contribution in [0.5, 0.6) is 0 Å². The highest BCUT2D eigenvalue weighted by molar-refractivity contribution is 5.16. The monoisotopic (exact) mass is 260 g/mol. The minimum atomic E-state index is -0.362. The minimum Gasteiger partial charge on any atom is -0.390 e. The summed E-state index contributed by atoms with van der Waals surface area (Å²) in [4.78, 5) is 6.76. The Labute approximate surface area is 115 Å². The number of aliphatic hydroxyl groups is 1. The highest BCUT2D eigenvalue weighted by atomic mass is 16.3. The second-order valence-corrected chi connectivity index (χ2v) is 6.40. The van der Waals surface area contributed by atoms with Crippen molar-refractivity contribution in [2.24, 2.45) is 5.92 Å². The number of nitrogens with zero attached hydrogens (tertiary/aromatic N) is 2. The van der Waals surface area contributed by atoms with Crippen LogP contribution in [-0.2, 0) is 6.54 Å². The molecule has 0 amide bonds. The average molecular weight is 260 g/mol. The molecule has 0 bridgehead atoms. The van der Waals surface area contributed by atoms with Crippen molar-refractivity contribution in [1.82, 2.24) is 9.88 Å². The van der Waals surface area contributed by atoms with Gasteiger partial charge in [0.05, 0.1) is 5.60 Å². The van der Waals surface area contributed by atoms with Gasteiger partial charge in [-0.05, 0) is 37.3 Å². The Hall–Kier alpha value is -0.930. The molecule has 2 heterocycles. The maximum atomic E-state index is 10.7. The molecular formula is C16H24N2O. The van der Waals surface area contributed by atoms with E-state index < -0.39 is 0 Å². The largest absolute Gasteiger partial charge is 0.390 e. The molecule has 3 heteroatoms. The van der Waals surface area contributed by atoms with E-state index in [0.717, 1.165) is 32.5 Å². The van der Waals surface area contributed by atoms with E-state index in [-0.39, 0.29) is 5.60 Å². The molecule has 1 saturated carbocycles. The van der Waals surface area contributed by atoms with E-state index in [1.165, 1.54) is 30.4 Å². The summed E-state index contributed by atoms with van der Waals surface area (Å²) in [6.45, 7) is 5.12. The van der Waals surface area contributed by atoms with Gasteiger partial charge < -0.3 is 5.11 Å². The number of hydrogen-bond donors (Lipinski definition) is 1. The lowest BCUT2D eigenvalue weighted by Gasteiger charge is -2.47. The van der Waals surface area contributed by atoms with E-state index in [0.29, 0.717) is 5.92 Å². The summed E-state index contributed by atoms with van der Waals surface area (Å²) in [6.07, 6.45) is 9.50. The molecule has 3 rings (SSSR count). The summed E-state index contributed by atoms with van der Waals surface area (Å²) in [5, 5.41) is 10.7. The molecule has 3 nitrogen and oxygen atoms in total. The van der Waals surface area contributed by atoms with Gasteiger partial charge in [0.25, 0.3) is 0 Å². The first-order valence-corrected chi connectivity index (χ1v) is 7.51. The predicted octanol–water partition coefficient (Wildman–Crippen LogP) is 2.52. The number of aromatic nitrogens is 1. The number of pyridine rings is 1. The van der Waals surface area contributed by atoms with E-state index in [4.69, 9.17) is 0 Å². The lowest BCUT2D eigenvalue weighted by molar-refractivity contribution is -0.0968. The molecular weight excluding hydrogens is 236 g/mol. The molecule has 2 unspecified atom stereocenters. The third kappa shape index (κ3) is 2.82. The Bertz CT molecular complexity index is 448. The van der Waals surface area contributed by atoms with Crippen LogP contribution in [0.15, 0.2) is 18.5 Å². The Balaban J connectivity index is 1.65. The molecule has 1 aliphatic heterocycles. The van der Waals surface area contributed by atoms with Crippen molar-refractivity contribution in [1.29, 1.82) is 0 Å². The van der Waals surface area contributed by atoms with E-state index in [1.54, 1.807) is 0 Å². The number of hydrogen-bond acceptors (Lipinski definition) is 3. The van der Waals surface area contributed by atoms with Crippen molar-refractivity contribution in [2.45, 2.75) is 51.2 Å². The molecule has 19 heavy (non-hydrogen) atoms. The van der Waals surface area contributed by atoms with Crippen molar-refractivity contribution in [3.8, 4) is 0 Å². The average Bonchev–Trinajstić information content (AvgIpc) is 2.39. The fourth-order valence-corrected chi connectivity index (χ4v) is 3.75. The van der Waals surface area contributed by atoms with Crippen LogP contribution in [-0.4, -0.2) is 33.7 Å². The van der Waals surface area contributed by atoms with Gasteiger partial charge in [-0.25, -0.2) is 0 Å². The van der Waals surface area contributed by atoms with Gasteiger partial charge in [-0.2, -0.15) is 0 Å². The molecule has 1 aromatic rings. The Morgan fingerprint density at radius 1 is 1.37 bits per heavy atom. The molecule has 0 spiro atoms. The van der Waals surface area contributed by atoms with Crippen molar-refractivity contribution in [3.05, 3.63) is 29.6 Å². The third-order valence-electron chi connectivity index (χ3n) is 4.85. The zero-order valence-corrected chi connectivity index (χ0v) is 11.8. The van der Waals surface area contributed by atoms with Crippen LogP contribution in [0.1, 0.15) is 43.2 Å². The van der Waals surface area contributed by atoms with Crippen LogP contribution >= 0.6 is 0 Å². The Morgan fingerprint density at radius 3 is 3.11 bits per heavy atom. The fourth-order valence-electron chi connectivity index (χ4n) is 3.75. The quantitative estimate of drug-likeness (QED) is 0.887. The molecule has 2 fully saturated rings. The molecule has 104 valence electrons. The molecule has 2 aliphatic rings. The summed E-state index contributed by atoms with van der Waals surface area (Å²) in [6, 6.07) is 2.22. The van der Waals surface area contributed by atoms with Gasteiger partial charge in [-0.15, -0.1) is 0 Å². The van der Waals surface area contributed by atoms with Gasteiger partial charge in [0.2, 0.25) is 0 Å². The first kappa shape index (κ1) is 13.1. The summed E-state index contributed by atoms with van der Waals surface area (Å²) >= 11 is 0. The van der Waals surface area contributed by atoms with E-state index in [9.17, 15) is 5.11 Å². The second-order valence-electron chi connectivity index (χ2n) is 6.40. The highest BCUT2D eigenvalue weighted by Gasteiger charge is 2.42. The molecule has 0 radical (unpaired) electrons. The number of aryl methyl sites for hydroxylation is 1. The number of rotatable bonds is 2. The molecule has 2 atom stereocenters. The standard InChI is InChI=1S/C16H24N2O/c1-13-8-14(10-17-9-13)11-18-7-6-16(19)5-3-2-4-15(16)12-18/h8-10,15,19H,2-7,11-12H2,1H3. The Kier molecular flexibility index (Phi) is 3.59. The number of likely N-dealkylation sites (tertiary alicyclic amines) is 1. The smallest absolute Gasteiger partial charge is 0.0700 e. The van der Waals surface area contributed by atoms with Gasteiger partial charge in [0.1, 0.15) is 0 Å². The van der Waals surface area contributed by atoms with Gasteiger partial charge >= 0.3 is 0 Å². The predicted molar refractivity (Wildman–Crippen MR) is 75.8 cm³/mol. The van der Waals surface area contributed by atoms with E-state index in [2.05, 4.69) is 22.9 Å². The molecule has 1 aliphatic carbocycles. The van der Waals surface area contributed by atoms with Gasteiger partial charge in [0, 0.05) is 37.9 Å². The van der Waals surface area contributed by atoms with Crippen molar-refractivity contribution in [2.75, 3.05) is 13.1 Å². The summed E-state index contributed by atoms with van der Waals surface area (Å²) in [5.74, 6) is 0.479. The first-order chi connectivity index (χ1) is 9.16. The fraction of sp³-hybridized carbons (Fsp3) is 0.688. The van der Waals surface area contributed by atoms with Crippen LogP contribution in [0, 0.1) is 12.8 Å². The minimum absolute atomic E-state index is 0.362. The second kappa shape index (κ2) is 5.22. The van der Waals surface area contributed by atoms with Gasteiger partial charge in [-0.1, -0.05) is 18.9 Å². The van der Waals surface area contributed by atoms with Crippen molar-refractivity contribution >= 4 is 0 Å². The number of piperidine rings is 1. The van der Waals surface area contributed by atoms with E-state index in [1.807, 2.05) is 12.4 Å². The van der Waals surface area contributed by atoms with Crippen LogP contribution in [0.2, 0.25) is 0 Å². The highest BCUT2D eigenvalue weighted by Crippen LogP contribution is 2.39. The molecule has 1 saturated heterocycles. The van der Waals surface area contributed by atoms with Crippen LogP contribution in [0.3, 0.4) is 0 Å². The van der Waals surface area contributed by atoms with Gasteiger partial charge in [0.15, 0.2) is 0 Å². The molecule has 1 N–H and O–H groups in total. The maximum Gasteiger partial charge on any atom is 0.0700 e. The summed E-state index contributed by atoms with van der Waals surface area (Å²) in [7, 11) is 0. The van der Waals surface area contributed by atoms with E-state index >= 15 is 0 Å². The summed E-state index contributed by atoms with van der Waals surface area (Å²) < 4.78 is 0. The Morgan fingerprint density at radius 2 is 2.26 bits per heavy atom. The topological polar surface area (TPSA) is 36.4 Å². The SMILES string of the molecule is Cc1cncc(CN2CCC3(O)CCCCC3C2)c1. The van der Waals surface area contributed by atoms with Crippen LogP contribution < -0.4 is 0 Å². The van der Waals surface area contributed by atoms with Crippen LogP contribution in [0.25, 0.3) is 0 Å². The maximum absolute atomic E-state index is 10.7.